The Labute approximate surface area is 91.5 Å². The van der Waals surface area contributed by atoms with Crippen molar-refractivity contribution in [1.82, 2.24) is 9.80 Å². The molecule has 88 valence electrons. The number of hydrogen-bond donors (Lipinski definition) is 2. The first-order valence-corrected chi connectivity index (χ1v) is 5.60. The van der Waals surface area contributed by atoms with Gasteiger partial charge in [-0.05, 0) is 13.5 Å². The van der Waals surface area contributed by atoms with E-state index in [-0.39, 0.29) is 0 Å². The molecule has 0 aromatic heterocycles. The first kappa shape index (κ1) is 12.3. The molecule has 0 aromatic rings. The molecule has 1 fully saturated rings. The average molecular weight is 214 g/mol. The lowest BCUT2D eigenvalue weighted by Crippen LogP contribution is -2.50. The van der Waals surface area contributed by atoms with Crippen molar-refractivity contribution in [1.29, 1.82) is 0 Å². The van der Waals surface area contributed by atoms with Gasteiger partial charge < -0.3 is 15.8 Å². The van der Waals surface area contributed by atoms with Gasteiger partial charge >= 0.3 is 0 Å². The molecule has 3 N–H and O–H groups in total. The van der Waals surface area contributed by atoms with Crippen LogP contribution in [-0.2, 0) is 0 Å². The second-order valence-corrected chi connectivity index (χ2v) is 4.11. The van der Waals surface area contributed by atoms with E-state index >= 15 is 0 Å². The Balaban J connectivity index is 2.33. The molecule has 1 aliphatic heterocycles. The van der Waals surface area contributed by atoms with E-state index in [2.05, 4.69) is 28.8 Å². The van der Waals surface area contributed by atoms with Gasteiger partial charge in [0.25, 0.3) is 0 Å². The number of piperazine rings is 1. The standard InChI is InChI=1S/C10H22N4O/c1-3-13-4-6-14(7-5-13)9(2)8-10(11)12-15/h9,15H,3-8H2,1-2H3,(H2,11,12). The third-order valence-corrected chi connectivity index (χ3v) is 3.11. The molecule has 1 rings (SSSR count). The molecule has 1 saturated heterocycles. The zero-order valence-corrected chi connectivity index (χ0v) is 9.69. The second kappa shape index (κ2) is 5.92. The zero-order chi connectivity index (χ0) is 11.3. The molecular weight excluding hydrogens is 192 g/mol. The first-order valence-electron chi connectivity index (χ1n) is 5.60. The van der Waals surface area contributed by atoms with Crippen LogP contribution < -0.4 is 5.73 Å². The van der Waals surface area contributed by atoms with E-state index in [1.807, 2.05) is 0 Å². The van der Waals surface area contributed by atoms with Gasteiger partial charge in [0.15, 0.2) is 0 Å². The minimum atomic E-state index is 0.320. The summed E-state index contributed by atoms with van der Waals surface area (Å²) in [5.74, 6) is 0.320. The molecule has 0 aliphatic carbocycles. The Morgan fingerprint density at radius 1 is 1.40 bits per heavy atom. The van der Waals surface area contributed by atoms with Crippen molar-refractivity contribution in [3.05, 3.63) is 0 Å². The van der Waals surface area contributed by atoms with Gasteiger partial charge in [0.05, 0.1) is 0 Å². The highest BCUT2D eigenvalue weighted by molar-refractivity contribution is 5.80. The second-order valence-electron chi connectivity index (χ2n) is 4.11. The molecule has 0 radical (unpaired) electrons. The summed E-state index contributed by atoms with van der Waals surface area (Å²) in [5.41, 5.74) is 5.50. The van der Waals surface area contributed by atoms with Crippen molar-refractivity contribution < 1.29 is 5.21 Å². The smallest absolute Gasteiger partial charge is 0.140 e. The van der Waals surface area contributed by atoms with Crippen LogP contribution in [0.3, 0.4) is 0 Å². The Kier molecular flexibility index (Phi) is 4.84. The third kappa shape index (κ3) is 3.68. The summed E-state index contributed by atoms with van der Waals surface area (Å²) < 4.78 is 0. The molecule has 1 heterocycles. The summed E-state index contributed by atoms with van der Waals surface area (Å²) in [5, 5.41) is 11.5. The van der Waals surface area contributed by atoms with Crippen molar-refractivity contribution in [3.8, 4) is 0 Å². The van der Waals surface area contributed by atoms with Crippen molar-refractivity contribution >= 4 is 5.84 Å². The van der Waals surface area contributed by atoms with Gasteiger partial charge in [-0.15, -0.1) is 0 Å². The number of rotatable bonds is 4. The lowest BCUT2D eigenvalue weighted by molar-refractivity contribution is 0.108. The van der Waals surface area contributed by atoms with Gasteiger partial charge in [0.1, 0.15) is 5.84 Å². The van der Waals surface area contributed by atoms with Crippen molar-refractivity contribution in [3.63, 3.8) is 0 Å². The summed E-state index contributed by atoms with van der Waals surface area (Å²) >= 11 is 0. The molecule has 5 nitrogen and oxygen atoms in total. The maximum atomic E-state index is 8.50. The van der Waals surface area contributed by atoms with E-state index < -0.39 is 0 Å². The van der Waals surface area contributed by atoms with E-state index in [4.69, 9.17) is 10.9 Å². The van der Waals surface area contributed by atoms with Crippen LogP contribution in [0.1, 0.15) is 20.3 Å². The Bertz CT molecular complexity index is 211. The molecule has 1 aliphatic rings. The van der Waals surface area contributed by atoms with Crippen LogP contribution in [0.2, 0.25) is 0 Å². The monoisotopic (exact) mass is 214 g/mol. The number of nitrogens with zero attached hydrogens (tertiary/aromatic N) is 3. The quantitative estimate of drug-likeness (QED) is 0.302. The zero-order valence-electron chi connectivity index (χ0n) is 9.69. The largest absolute Gasteiger partial charge is 0.409 e. The molecule has 0 amide bonds. The first-order chi connectivity index (χ1) is 7.17. The number of oxime groups is 1. The lowest BCUT2D eigenvalue weighted by Gasteiger charge is -2.37. The Hall–Kier alpha value is -0.810. The van der Waals surface area contributed by atoms with Crippen molar-refractivity contribution in [2.75, 3.05) is 32.7 Å². The van der Waals surface area contributed by atoms with Crippen LogP contribution in [0.15, 0.2) is 5.16 Å². The normalized spacial score (nSPS) is 22.9. The molecule has 5 heteroatoms. The highest BCUT2D eigenvalue weighted by Crippen LogP contribution is 2.08. The Morgan fingerprint density at radius 2 is 2.00 bits per heavy atom. The summed E-state index contributed by atoms with van der Waals surface area (Å²) in [6.07, 6.45) is 0.641. The number of hydrogen-bond acceptors (Lipinski definition) is 4. The fourth-order valence-electron chi connectivity index (χ4n) is 1.99. The lowest BCUT2D eigenvalue weighted by atomic mass is 10.1. The topological polar surface area (TPSA) is 65.1 Å². The highest BCUT2D eigenvalue weighted by atomic mass is 16.4. The van der Waals surface area contributed by atoms with E-state index in [1.165, 1.54) is 0 Å². The summed E-state index contributed by atoms with van der Waals surface area (Å²) in [6.45, 7) is 9.84. The minimum Gasteiger partial charge on any atom is -0.409 e. The minimum absolute atomic E-state index is 0.320. The van der Waals surface area contributed by atoms with Crippen LogP contribution >= 0.6 is 0 Å². The van der Waals surface area contributed by atoms with Crippen LogP contribution in [0.4, 0.5) is 0 Å². The number of likely N-dealkylation sites (N-methyl/N-ethyl adjacent to an activating group) is 1. The third-order valence-electron chi connectivity index (χ3n) is 3.11. The maximum Gasteiger partial charge on any atom is 0.140 e. The van der Waals surface area contributed by atoms with E-state index in [0.717, 1.165) is 32.7 Å². The van der Waals surface area contributed by atoms with E-state index in [9.17, 15) is 0 Å². The van der Waals surface area contributed by atoms with E-state index in [0.29, 0.717) is 18.3 Å². The van der Waals surface area contributed by atoms with Crippen LogP contribution in [0.5, 0.6) is 0 Å². The van der Waals surface area contributed by atoms with Crippen LogP contribution in [0, 0.1) is 0 Å². The fraction of sp³-hybridized carbons (Fsp3) is 0.900. The summed E-state index contributed by atoms with van der Waals surface area (Å²) in [4.78, 5) is 4.83. The van der Waals surface area contributed by atoms with Gasteiger partial charge in [-0.25, -0.2) is 0 Å². The summed E-state index contributed by atoms with van der Waals surface area (Å²) in [7, 11) is 0. The van der Waals surface area contributed by atoms with Gasteiger partial charge in [0, 0.05) is 38.6 Å². The fourth-order valence-corrected chi connectivity index (χ4v) is 1.99. The van der Waals surface area contributed by atoms with Crippen molar-refractivity contribution in [2.45, 2.75) is 26.3 Å². The maximum absolute atomic E-state index is 8.50. The van der Waals surface area contributed by atoms with Gasteiger partial charge in [-0.1, -0.05) is 12.1 Å². The predicted molar refractivity (Wildman–Crippen MR) is 61.2 cm³/mol. The SMILES string of the molecule is CCN1CCN(C(C)CC(N)=NO)CC1. The van der Waals surface area contributed by atoms with Crippen molar-refractivity contribution in [2.24, 2.45) is 10.9 Å². The molecule has 1 unspecified atom stereocenters. The van der Waals surface area contributed by atoms with E-state index in [1.54, 1.807) is 0 Å². The molecule has 15 heavy (non-hydrogen) atoms. The van der Waals surface area contributed by atoms with Gasteiger partial charge in [0.2, 0.25) is 0 Å². The van der Waals surface area contributed by atoms with Gasteiger partial charge in [-0.3, -0.25) is 4.90 Å². The molecule has 1 atom stereocenters. The average Bonchev–Trinajstić information content (AvgIpc) is 2.29. The molecule has 0 spiro atoms. The molecule has 0 bridgehead atoms. The summed E-state index contributed by atoms with van der Waals surface area (Å²) in [6, 6.07) is 0.361. The number of nitrogens with two attached hydrogens (primary N) is 1. The van der Waals surface area contributed by atoms with Crippen LogP contribution in [0.25, 0.3) is 0 Å². The predicted octanol–water partition coefficient (Wildman–Crippen LogP) is 0.149. The van der Waals surface area contributed by atoms with Gasteiger partial charge in [-0.2, -0.15) is 0 Å². The molecule has 0 saturated carbocycles. The number of amidine groups is 1. The Morgan fingerprint density at radius 3 is 2.47 bits per heavy atom. The molecule has 0 aromatic carbocycles. The highest BCUT2D eigenvalue weighted by Gasteiger charge is 2.20. The van der Waals surface area contributed by atoms with Crippen LogP contribution in [-0.4, -0.2) is 59.6 Å². The molecular formula is C10H22N4O.